The van der Waals surface area contributed by atoms with E-state index < -0.39 is 11.9 Å². The molecule has 0 radical (unpaired) electrons. The van der Waals surface area contributed by atoms with Gasteiger partial charge < -0.3 is 14.6 Å². The van der Waals surface area contributed by atoms with Crippen LogP contribution in [0.15, 0.2) is 65.2 Å². The van der Waals surface area contributed by atoms with E-state index in [4.69, 9.17) is 9.26 Å². The molecule has 6 nitrogen and oxygen atoms in total. The van der Waals surface area contributed by atoms with Crippen molar-refractivity contribution in [1.29, 1.82) is 0 Å². The summed E-state index contributed by atoms with van der Waals surface area (Å²) in [7, 11) is 0. The molecule has 1 aromatic heterocycles. The Hall–Kier alpha value is -3.41. The normalized spacial score (nSPS) is 15.4. The Morgan fingerprint density at radius 1 is 1.12 bits per heavy atom. The molecule has 0 spiro atoms. The van der Waals surface area contributed by atoms with Crippen LogP contribution in [0.2, 0.25) is 0 Å². The van der Waals surface area contributed by atoms with Gasteiger partial charge in [-0.3, -0.25) is 9.59 Å². The lowest BCUT2D eigenvalue weighted by molar-refractivity contribution is -0.146. The monoisotopic (exact) mass is 348 g/mol. The Labute approximate surface area is 149 Å². The van der Waals surface area contributed by atoms with Crippen molar-refractivity contribution in [3.8, 4) is 11.3 Å². The average Bonchev–Trinajstić information content (AvgIpc) is 3.26. The molecule has 0 bridgehead atoms. The Bertz CT molecular complexity index is 949. The van der Waals surface area contributed by atoms with Gasteiger partial charge in [0, 0.05) is 17.3 Å². The predicted octanol–water partition coefficient (Wildman–Crippen LogP) is 3.51. The number of benzene rings is 2. The summed E-state index contributed by atoms with van der Waals surface area (Å²) in [5.41, 5.74) is 2.99. The molecule has 1 amide bonds. The minimum Gasteiger partial charge on any atom is -0.459 e. The number of esters is 1. The molecule has 6 heteroatoms. The summed E-state index contributed by atoms with van der Waals surface area (Å²) in [5, 5.41) is 6.69. The Morgan fingerprint density at radius 3 is 2.73 bits per heavy atom. The summed E-state index contributed by atoms with van der Waals surface area (Å²) < 4.78 is 10.5. The molecule has 2 aromatic carbocycles. The van der Waals surface area contributed by atoms with Gasteiger partial charge in [-0.15, -0.1) is 0 Å². The lowest BCUT2D eigenvalue weighted by Gasteiger charge is -2.08. The van der Waals surface area contributed by atoms with Crippen molar-refractivity contribution in [2.75, 3.05) is 5.32 Å². The van der Waals surface area contributed by atoms with Crippen molar-refractivity contribution >= 4 is 17.6 Å². The molecule has 0 saturated heterocycles. The quantitative estimate of drug-likeness (QED) is 0.714. The fourth-order valence-electron chi connectivity index (χ4n) is 2.98. The molecule has 26 heavy (non-hydrogen) atoms. The Balaban J connectivity index is 1.36. The van der Waals surface area contributed by atoms with Gasteiger partial charge in [0.1, 0.15) is 12.3 Å². The summed E-state index contributed by atoms with van der Waals surface area (Å²) in [5.74, 6) is -0.543. The highest BCUT2D eigenvalue weighted by atomic mass is 16.5. The fourth-order valence-corrected chi connectivity index (χ4v) is 2.98. The van der Waals surface area contributed by atoms with Crippen molar-refractivity contribution < 1.29 is 18.8 Å². The highest BCUT2D eigenvalue weighted by molar-refractivity contribution is 6.04. The number of para-hydroxylation sites is 1. The van der Waals surface area contributed by atoms with Crippen LogP contribution in [0.4, 0.5) is 5.69 Å². The molecular weight excluding hydrogens is 332 g/mol. The molecule has 1 aliphatic rings. The number of carbonyl (C=O) groups excluding carboxylic acids is 2. The summed E-state index contributed by atoms with van der Waals surface area (Å²) >= 11 is 0. The molecule has 1 atom stereocenters. The number of amides is 1. The maximum Gasteiger partial charge on any atom is 0.307 e. The van der Waals surface area contributed by atoms with E-state index in [9.17, 15) is 9.59 Å². The minimum atomic E-state index is -0.518. The zero-order valence-electron chi connectivity index (χ0n) is 13.8. The standard InChI is InChI=1S/C20H16N2O4/c23-19(11-16-15-8-4-5-9-17(15)21-20(16)24)25-12-14-10-18(26-22-14)13-6-2-1-3-7-13/h1-10,16H,11-12H2,(H,21,24)/t16-/m1/s1. The second-order valence-corrected chi connectivity index (χ2v) is 6.04. The van der Waals surface area contributed by atoms with E-state index in [1.165, 1.54) is 0 Å². The zero-order chi connectivity index (χ0) is 17.9. The lowest BCUT2D eigenvalue weighted by atomic mass is 9.97. The molecule has 0 fully saturated rings. The van der Waals surface area contributed by atoms with Crippen molar-refractivity contribution in [3.05, 3.63) is 71.9 Å². The van der Waals surface area contributed by atoms with E-state index in [1.807, 2.05) is 54.6 Å². The van der Waals surface area contributed by atoms with Crippen LogP contribution in [0.5, 0.6) is 0 Å². The van der Waals surface area contributed by atoms with E-state index in [1.54, 1.807) is 6.07 Å². The van der Waals surface area contributed by atoms with Gasteiger partial charge in [0.05, 0.1) is 12.3 Å². The fraction of sp³-hybridized carbons (Fsp3) is 0.150. The number of ether oxygens (including phenoxy) is 1. The smallest absolute Gasteiger partial charge is 0.307 e. The largest absolute Gasteiger partial charge is 0.459 e. The number of aromatic nitrogens is 1. The molecule has 0 saturated carbocycles. The van der Waals surface area contributed by atoms with Crippen LogP contribution in [0.25, 0.3) is 11.3 Å². The van der Waals surface area contributed by atoms with Crippen LogP contribution >= 0.6 is 0 Å². The summed E-state index contributed by atoms with van der Waals surface area (Å²) in [6.07, 6.45) is -0.00770. The molecule has 4 rings (SSSR count). The topological polar surface area (TPSA) is 81.4 Å². The first-order valence-corrected chi connectivity index (χ1v) is 8.27. The van der Waals surface area contributed by atoms with Crippen LogP contribution in [0.1, 0.15) is 23.6 Å². The number of nitrogens with one attached hydrogen (secondary N) is 1. The van der Waals surface area contributed by atoms with Crippen molar-refractivity contribution in [3.63, 3.8) is 0 Å². The summed E-state index contributed by atoms with van der Waals surface area (Å²) in [6.45, 7) is 0.00511. The van der Waals surface area contributed by atoms with Gasteiger partial charge in [-0.2, -0.15) is 0 Å². The van der Waals surface area contributed by atoms with E-state index in [0.717, 1.165) is 16.8 Å². The molecule has 130 valence electrons. The molecule has 2 heterocycles. The van der Waals surface area contributed by atoms with Crippen LogP contribution in [-0.2, 0) is 20.9 Å². The maximum atomic E-state index is 12.1. The summed E-state index contributed by atoms with van der Waals surface area (Å²) in [4.78, 5) is 24.2. The zero-order valence-corrected chi connectivity index (χ0v) is 13.8. The molecular formula is C20H16N2O4. The molecule has 3 aromatic rings. The summed E-state index contributed by atoms with van der Waals surface area (Å²) in [6, 6.07) is 18.6. The number of hydrogen-bond donors (Lipinski definition) is 1. The number of rotatable bonds is 5. The first-order chi connectivity index (χ1) is 12.7. The number of nitrogens with zero attached hydrogens (tertiary/aromatic N) is 1. The highest BCUT2D eigenvalue weighted by Gasteiger charge is 2.32. The molecule has 1 N–H and O–H groups in total. The van der Waals surface area contributed by atoms with Crippen molar-refractivity contribution in [2.45, 2.75) is 18.9 Å². The van der Waals surface area contributed by atoms with Crippen LogP contribution < -0.4 is 5.32 Å². The van der Waals surface area contributed by atoms with E-state index in [0.29, 0.717) is 11.5 Å². The van der Waals surface area contributed by atoms with E-state index in [2.05, 4.69) is 10.5 Å². The van der Waals surface area contributed by atoms with Gasteiger partial charge in [0.25, 0.3) is 0 Å². The average molecular weight is 348 g/mol. The Morgan fingerprint density at radius 2 is 1.88 bits per heavy atom. The van der Waals surface area contributed by atoms with Gasteiger partial charge in [-0.05, 0) is 11.6 Å². The molecule has 1 aliphatic heterocycles. The highest BCUT2D eigenvalue weighted by Crippen LogP contribution is 2.34. The van der Waals surface area contributed by atoms with Gasteiger partial charge >= 0.3 is 5.97 Å². The Kier molecular flexibility index (Phi) is 4.23. The third kappa shape index (κ3) is 3.21. The van der Waals surface area contributed by atoms with Crippen molar-refractivity contribution in [2.24, 2.45) is 0 Å². The minimum absolute atomic E-state index is 0.00511. The number of anilines is 1. The predicted molar refractivity (Wildman–Crippen MR) is 94.2 cm³/mol. The van der Waals surface area contributed by atoms with Gasteiger partial charge in [-0.1, -0.05) is 53.7 Å². The van der Waals surface area contributed by atoms with E-state index >= 15 is 0 Å². The molecule has 0 aliphatic carbocycles. The van der Waals surface area contributed by atoms with Crippen molar-refractivity contribution in [1.82, 2.24) is 5.16 Å². The number of fused-ring (bicyclic) bond motifs is 1. The van der Waals surface area contributed by atoms with Crippen LogP contribution in [0.3, 0.4) is 0 Å². The van der Waals surface area contributed by atoms with Crippen LogP contribution in [0, 0.1) is 0 Å². The van der Waals surface area contributed by atoms with Crippen LogP contribution in [-0.4, -0.2) is 17.0 Å². The third-order valence-electron chi connectivity index (χ3n) is 4.28. The number of carbonyl (C=O) groups is 2. The second kappa shape index (κ2) is 6.84. The molecule has 0 unspecified atom stereocenters. The second-order valence-electron chi connectivity index (χ2n) is 6.04. The van der Waals surface area contributed by atoms with E-state index in [-0.39, 0.29) is 18.9 Å². The first kappa shape index (κ1) is 16.1. The van der Waals surface area contributed by atoms with Gasteiger partial charge in [0.15, 0.2) is 5.76 Å². The van der Waals surface area contributed by atoms with Gasteiger partial charge in [0.2, 0.25) is 5.91 Å². The lowest BCUT2D eigenvalue weighted by Crippen LogP contribution is -2.17. The van der Waals surface area contributed by atoms with Gasteiger partial charge in [-0.25, -0.2) is 0 Å². The number of hydrogen-bond acceptors (Lipinski definition) is 5. The maximum absolute atomic E-state index is 12.1. The SMILES string of the molecule is O=C(C[C@H]1C(=O)Nc2ccccc21)OCc1cc(-c2ccccc2)on1. The third-order valence-corrected chi connectivity index (χ3v) is 4.28. The first-order valence-electron chi connectivity index (χ1n) is 8.27.